The largest absolute Gasteiger partial charge is 0.352 e. The maximum absolute atomic E-state index is 13.5. The molecule has 0 bridgehead atoms. The Hall–Kier alpha value is -2.61. The van der Waals surface area contributed by atoms with Gasteiger partial charge in [-0.25, -0.2) is 18.7 Å². The van der Waals surface area contributed by atoms with Crippen molar-refractivity contribution in [2.45, 2.75) is 6.42 Å². The lowest BCUT2D eigenvalue weighted by Gasteiger charge is -2.10. The fourth-order valence-corrected chi connectivity index (χ4v) is 1.94. The van der Waals surface area contributed by atoms with Gasteiger partial charge in [0.05, 0.1) is 5.56 Å². The average Bonchev–Trinajstić information content (AvgIpc) is 2.55. The molecule has 2 N–H and O–H groups in total. The molecule has 0 saturated heterocycles. The van der Waals surface area contributed by atoms with Gasteiger partial charge < -0.3 is 15.5 Å². The summed E-state index contributed by atoms with van der Waals surface area (Å²) in [4.78, 5) is 21.8. The Labute approximate surface area is 138 Å². The van der Waals surface area contributed by atoms with Crippen molar-refractivity contribution in [1.82, 2.24) is 20.2 Å². The molecule has 0 aliphatic carbocycles. The molecule has 0 aliphatic heterocycles. The zero-order chi connectivity index (χ0) is 17.5. The van der Waals surface area contributed by atoms with Crippen LogP contribution in [0.2, 0.25) is 0 Å². The molecule has 128 valence electrons. The van der Waals surface area contributed by atoms with E-state index in [1.807, 2.05) is 19.0 Å². The van der Waals surface area contributed by atoms with Gasteiger partial charge in [0.25, 0.3) is 5.91 Å². The van der Waals surface area contributed by atoms with Crippen molar-refractivity contribution < 1.29 is 13.6 Å². The molecule has 0 saturated carbocycles. The van der Waals surface area contributed by atoms with Crippen molar-refractivity contribution in [3.63, 3.8) is 0 Å². The molecule has 0 unspecified atom stereocenters. The quantitative estimate of drug-likeness (QED) is 0.759. The molecule has 8 heteroatoms. The minimum atomic E-state index is -0.749. The first-order valence-corrected chi connectivity index (χ1v) is 7.43. The Kier molecular flexibility index (Phi) is 6.14. The topological polar surface area (TPSA) is 70.2 Å². The van der Waals surface area contributed by atoms with Crippen LogP contribution in [-0.4, -0.2) is 48.0 Å². The number of rotatable bonds is 7. The number of halogens is 2. The summed E-state index contributed by atoms with van der Waals surface area (Å²) in [6, 6.07) is 3.52. The minimum absolute atomic E-state index is 0.00292. The van der Waals surface area contributed by atoms with Gasteiger partial charge in [-0.1, -0.05) is 6.07 Å². The number of nitrogens with one attached hydrogen (secondary N) is 2. The average molecular weight is 335 g/mol. The maximum atomic E-state index is 13.5. The Morgan fingerprint density at radius 3 is 2.38 bits per heavy atom. The molecule has 24 heavy (non-hydrogen) atoms. The fraction of sp³-hybridized carbons (Fsp3) is 0.312. The Bertz CT molecular complexity index is 671. The van der Waals surface area contributed by atoms with Crippen LogP contribution in [0.15, 0.2) is 30.6 Å². The van der Waals surface area contributed by atoms with Gasteiger partial charge in [-0.2, -0.15) is 0 Å². The summed E-state index contributed by atoms with van der Waals surface area (Å²) >= 11 is 0. The first-order chi connectivity index (χ1) is 11.5. The summed E-state index contributed by atoms with van der Waals surface area (Å²) in [5.41, 5.74) is -0.0576. The van der Waals surface area contributed by atoms with Crippen molar-refractivity contribution in [3.05, 3.63) is 47.8 Å². The van der Waals surface area contributed by atoms with Gasteiger partial charge in [-0.05, 0) is 39.2 Å². The van der Waals surface area contributed by atoms with E-state index in [-0.39, 0.29) is 23.1 Å². The molecule has 2 rings (SSSR count). The van der Waals surface area contributed by atoms with Crippen LogP contribution >= 0.6 is 0 Å². The Morgan fingerprint density at radius 1 is 1.17 bits per heavy atom. The highest BCUT2D eigenvalue weighted by Crippen LogP contribution is 2.20. The van der Waals surface area contributed by atoms with E-state index in [2.05, 4.69) is 20.6 Å². The van der Waals surface area contributed by atoms with Gasteiger partial charge in [0, 0.05) is 18.9 Å². The predicted octanol–water partition coefficient (Wildman–Crippen LogP) is 2.18. The van der Waals surface area contributed by atoms with Crippen LogP contribution in [-0.2, 0) is 0 Å². The number of hydrogen-bond donors (Lipinski definition) is 2. The number of carbonyl (C=O) groups excluding carboxylic acids is 1. The van der Waals surface area contributed by atoms with Crippen molar-refractivity contribution in [2.75, 3.05) is 32.5 Å². The smallest absolute Gasteiger partial charge is 0.254 e. The van der Waals surface area contributed by atoms with Crippen molar-refractivity contribution in [1.29, 1.82) is 0 Å². The molecular weight excluding hydrogens is 316 g/mol. The van der Waals surface area contributed by atoms with E-state index >= 15 is 0 Å². The van der Waals surface area contributed by atoms with E-state index in [0.717, 1.165) is 25.1 Å². The zero-order valence-electron chi connectivity index (χ0n) is 13.5. The SMILES string of the molecule is CN(C)CCCNC(=O)c1cnc(Nc2c(F)cccc2F)nc1. The third-order valence-corrected chi connectivity index (χ3v) is 3.18. The lowest BCUT2D eigenvalue weighted by atomic mass is 10.3. The van der Waals surface area contributed by atoms with E-state index in [4.69, 9.17) is 0 Å². The summed E-state index contributed by atoms with van der Waals surface area (Å²) in [7, 11) is 3.92. The summed E-state index contributed by atoms with van der Waals surface area (Å²) in [5.74, 6) is -1.79. The number of nitrogens with zero attached hydrogens (tertiary/aromatic N) is 3. The van der Waals surface area contributed by atoms with Gasteiger partial charge in [-0.15, -0.1) is 0 Å². The molecule has 0 fully saturated rings. The molecule has 0 atom stereocenters. The molecule has 6 nitrogen and oxygen atoms in total. The molecule has 1 heterocycles. The van der Waals surface area contributed by atoms with Crippen molar-refractivity contribution >= 4 is 17.5 Å². The van der Waals surface area contributed by atoms with E-state index in [1.165, 1.54) is 18.5 Å². The highest BCUT2D eigenvalue weighted by molar-refractivity contribution is 5.93. The second-order valence-corrected chi connectivity index (χ2v) is 5.43. The van der Waals surface area contributed by atoms with E-state index < -0.39 is 11.6 Å². The molecule has 1 aromatic carbocycles. The number of hydrogen-bond acceptors (Lipinski definition) is 5. The van der Waals surface area contributed by atoms with Crippen LogP contribution < -0.4 is 10.6 Å². The monoisotopic (exact) mass is 335 g/mol. The second kappa shape index (κ2) is 8.30. The summed E-state index contributed by atoms with van der Waals surface area (Å²) in [5, 5.41) is 5.22. The number of carbonyl (C=O) groups is 1. The first-order valence-electron chi connectivity index (χ1n) is 7.43. The maximum Gasteiger partial charge on any atom is 0.254 e. The highest BCUT2D eigenvalue weighted by Gasteiger charge is 2.11. The standard InChI is InChI=1S/C16H19F2N5O/c1-23(2)8-4-7-19-15(24)11-9-20-16(21-10-11)22-14-12(17)5-3-6-13(14)18/h3,5-6,9-10H,4,7-8H2,1-2H3,(H,19,24)(H,20,21,22). The van der Waals surface area contributed by atoms with Crippen LogP contribution in [0, 0.1) is 11.6 Å². The molecule has 2 aromatic rings. The number of aromatic nitrogens is 2. The van der Waals surface area contributed by atoms with E-state index in [9.17, 15) is 13.6 Å². The van der Waals surface area contributed by atoms with Crippen LogP contribution in [0.25, 0.3) is 0 Å². The molecule has 0 spiro atoms. The highest BCUT2D eigenvalue weighted by atomic mass is 19.1. The normalized spacial score (nSPS) is 10.7. The van der Waals surface area contributed by atoms with Crippen LogP contribution in [0.4, 0.5) is 20.4 Å². The third kappa shape index (κ3) is 4.95. The summed E-state index contributed by atoms with van der Waals surface area (Å²) in [6.07, 6.45) is 3.43. The van der Waals surface area contributed by atoms with Crippen molar-refractivity contribution in [2.24, 2.45) is 0 Å². The molecule has 0 aliphatic rings. The van der Waals surface area contributed by atoms with Gasteiger partial charge >= 0.3 is 0 Å². The Morgan fingerprint density at radius 2 is 1.79 bits per heavy atom. The molecular formula is C16H19F2N5O. The van der Waals surface area contributed by atoms with Gasteiger partial charge in [0.15, 0.2) is 0 Å². The summed E-state index contributed by atoms with van der Waals surface area (Å²) < 4.78 is 27.1. The zero-order valence-corrected chi connectivity index (χ0v) is 13.5. The van der Waals surface area contributed by atoms with E-state index in [1.54, 1.807) is 0 Å². The van der Waals surface area contributed by atoms with Gasteiger partial charge in [-0.3, -0.25) is 4.79 Å². The number of anilines is 2. The third-order valence-electron chi connectivity index (χ3n) is 3.18. The predicted molar refractivity (Wildman–Crippen MR) is 87.2 cm³/mol. The van der Waals surface area contributed by atoms with Crippen LogP contribution in [0.3, 0.4) is 0 Å². The molecule has 1 aromatic heterocycles. The van der Waals surface area contributed by atoms with Gasteiger partial charge in [0.2, 0.25) is 5.95 Å². The van der Waals surface area contributed by atoms with E-state index in [0.29, 0.717) is 6.54 Å². The molecule has 1 amide bonds. The molecule has 0 radical (unpaired) electrons. The number of para-hydroxylation sites is 1. The Balaban J connectivity index is 1.94. The second-order valence-electron chi connectivity index (χ2n) is 5.43. The summed E-state index contributed by atoms with van der Waals surface area (Å²) in [6.45, 7) is 1.41. The van der Waals surface area contributed by atoms with Gasteiger partial charge in [0.1, 0.15) is 17.3 Å². The minimum Gasteiger partial charge on any atom is -0.352 e. The van der Waals surface area contributed by atoms with Crippen LogP contribution in [0.1, 0.15) is 16.8 Å². The lowest BCUT2D eigenvalue weighted by molar-refractivity contribution is 0.0951. The number of benzene rings is 1. The lowest BCUT2D eigenvalue weighted by Crippen LogP contribution is -2.27. The fourth-order valence-electron chi connectivity index (χ4n) is 1.94. The number of amides is 1. The van der Waals surface area contributed by atoms with Crippen LogP contribution in [0.5, 0.6) is 0 Å². The van der Waals surface area contributed by atoms with Crippen molar-refractivity contribution in [3.8, 4) is 0 Å². The first kappa shape index (κ1) is 17.7.